The van der Waals surface area contributed by atoms with Gasteiger partial charge in [-0.15, -0.1) is 11.8 Å². The first-order valence-electron chi connectivity index (χ1n) is 9.05. The predicted molar refractivity (Wildman–Crippen MR) is 122 cm³/mol. The standard InChI is InChI=1S/C22H20BrN3O3S/c1-28-20-9-8-16(11-17(20)15-30-22-7-2-3-10-24-22)13-25-26-21(27)14-29-19-6-4-5-18(23)12-19/h2-13H,14-15H2,1H3,(H,26,27)/b25-13+. The second-order valence-electron chi connectivity index (χ2n) is 6.07. The summed E-state index contributed by atoms with van der Waals surface area (Å²) in [5.74, 6) is 1.76. The van der Waals surface area contributed by atoms with E-state index in [-0.39, 0.29) is 12.5 Å². The largest absolute Gasteiger partial charge is 0.496 e. The van der Waals surface area contributed by atoms with Crippen molar-refractivity contribution >= 4 is 39.8 Å². The van der Waals surface area contributed by atoms with Gasteiger partial charge in [0, 0.05) is 22.0 Å². The number of aromatic nitrogens is 1. The molecule has 0 fully saturated rings. The summed E-state index contributed by atoms with van der Waals surface area (Å²) in [5.41, 5.74) is 4.33. The van der Waals surface area contributed by atoms with Crippen LogP contribution in [0.1, 0.15) is 11.1 Å². The minimum atomic E-state index is -0.342. The molecule has 0 aliphatic heterocycles. The molecular weight excluding hydrogens is 466 g/mol. The first-order chi connectivity index (χ1) is 14.6. The molecular formula is C22H20BrN3O3S. The van der Waals surface area contributed by atoms with Gasteiger partial charge in [-0.2, -0.15) is 5.10 Å². The Morgan fingerprint density at radius 3 is 2.87 bits per heavy atom. The molecule has 2 aromatic carbocycles. The van der Waals surface area contributed by atoms with Crippen LogP contribution in [0.5, 0.6) is 11.5 Å². The highest BCUT2D eigenvalue weighted by atomic mass is 79.9. The van der Waals surface area contributed by atoms with Gasteiger partial charge in [-0.25, -0.2) is 10.4 Å². The third-order valence-corrected chi connectivity index (χ3v) is 5.37. The lowest BCUT2D eigenvalue weighted by Gasteiger charge is -2.09. The number of thioether (sulfide) groups is 1. The Morgan fingerprint density at radius 1 is 1.20 bits per heavy atom. The molecule has 1 amide bonds. The SMILES string of the molecule is COc1ccc(/C=N/NC(=O)COc2cccc(Br)c2)cc1CSc1ccccn1. The number of carbonyl (C=O) groups excluding carboxylic acids is 1. The van der Waals surface area contributed by atoms with Crippen LogP contribution in [0.4, 0.5) is 0 Å². The van der Waals surface area contributed by atoms with E-state index in [1.165, 1.54) is 0 Å². The predicted octanol–water partition coefficient (Wildman–Crippen LogP) is 4.67. The van der Waals surface area contributed by atoms with E-state index in [4.69, 9.17) is 9.47 Å². The van der Waals surface area contributed by atoms with Crippen LogP contribution in [0.2, 0.25) is 0 Å². The third kappa shape index (κ3) is 6.89. The molecule has 0 saturated carbocycles. The number of nitrogens with one attached hydrogen (secondary N) is 1. The lowest BCUT2D eigenvalue weighted by molar-refractivity contribution is -0.123. The molecule has 6 nitrogen and oxygen atoms in total. The molecule has 0 aliphatic carbocycles. The number of pyridine rings is 1. The maximum absolute atomic E-state index is 11.9. The zero-order valence-electron chi connectivity index (χ0n) is 16.2. The second kappa shape index (κ2) is 11.4. The quantitative estimate of drug-likeness (QED) is 0.270. The maximum Gasteiger partial charge on any atom is 0.277 e. The summed E-state index contributed by atoms with van der Waals surface area (Å²) in [5, 5.41) is 4.95. The summed E-state index contributed by atoms with van der Waals surface area (Å²) in [6.45, 7) is -0.123. The molecule has 0 bridgehead atoms. The van der Waals surface area contributed by atoms with Crippen LogP contribution >= 0.6 is 27.7 Å². The normalized spacial score (nSPS) is 10.7. The van der Waals surface area contributed by atoms with Crippen molar-refractivity contribution in [2.45, 2.75) is 10.8 Å². The molecule has 3 aromatic rings. The Morgan fingerprint density at radius 2 is 2.10 bits per heavy atom. The molecule has 0 atom stereocenters. The summed E-state index contributed by atoms with van der Waals surface area (Å²) in [6.07, 6.45) is 3.36. The highest BCUT2D eigenvalue weighted by molar-refractivity contribution is 9.10. The van der Waals surface area contributed by atoms with E-state index in [0.29, 0.717) is 11.5 Å². The van der Waals surface area contributed by atoms with E-state index < -0.39 is 0 Å². The molecule has 30 heavy (non-hydrogen) atoms. The molecule has 8 heteroatoms. The lowest BCUT2D eigenvalue weighted by Crippen LogP contribution is -2.24. The molecule has 1 aromatic heterocycles. The molecule has 1 N–H and O–H groups in total. The Hall–Kier alpha value is -2.84. The average molecular weight is 486 g/mol. The summed E-state index contributed by atoms with van der Waals surface area (Å²) < 4.78 is 11.8. The fraction of sp³-hybridized carbons (Fsp3) is 0.136. The van der Waals surface area contributed by atoms with Crippen LogP contribution in [-0.2, 0) is 10.5 Å². The number of nitrogens with zero attached hydrogens (tertiary/aromatic N) is 2. The maximum atomic E-state index is 11.9. The van der Waals surface area contributed by atoms with Gasteiger partial charge >= 0.3 is 0 Å². The van der Waals surface area contributed by atoms with Crippen molar-refractivity contribution in [3.05, 3.63) is 82.5 Å². The van der Waals surface area contributed by atoms with E-state index >= 15 is 0 Å². The van der Waals surface area contributed by atoms with Crippen LogP contribution in [0.15, 0.2) is 81.5 Å². The Kier molecular flexibility index (Phi) is 8.29. The van der Waals surface area contributed by atoms with Crippen molar-refractivity contribution < 1.29 is 14.3 Å². The zero-order chi connectivity index (χ0) is 21.2. The van der Waals surface area contributed by atoms with E-state index in [2.05, 4.69) is 31.4 Å². The van der Waals surface area contributed by atoms with Gasteiger partial charge in [-0.05, 0) is 54.1 Å². The number of carbonyl (C=O) groups is 1. The number of benzene rings is 2. The first kappa shape index (κ1) is 21.9. The van der Waals surface area contributed by atoms with Gasteiger partial charge in [0.05, 0.1) is 18.4 Å². The lowest BCUT2D eigenvalue weighted by atomic mass is 10.1. The molecule has 0 aliphatic rings. The van der Waals surface area contributed by atoms with E-state index in [9.17, 15) is 4.79 Å². The highest BCUT2D eigenvalue weighted by Crippen LogP contribution is 2.27. The van der Waals surface area contributed by atoms with Crippen LogP contribution in [0.3, 0.4) is 0 Å². The van der Waals surface area contributed by atoms with Crippen molar-refractivity contribution in [1.29, 1.82) is 0 Å². The molecule has 0 unspecified atom stereocenters. The minimum absolute atomic E-state index is 0.123. The third-order valence-electron chi connectivity index (χ3n) is 3.89. The van der Waals surface area contributed by atoms with Gasteiger partial charge in [0.25, 0.3) is 5.91 Å². The van der Waals surface area contributed by atoms with Gasteiger partial charge in [0.1, 0.15) is 11.5 Å². The first-order valence-corrected chi connectivity index (χ1v) is 10.8. The fourth-order valence-corrected chi connectivity index (χ4v) is 3.71. The average Bonchev–Trinajstić information content (AvgIpc) is 2.77. The summed E-state index contributed by atoms with van der Waals surface area (Å²) in [6, 6.07) is 18.8. The molecule has 154 valence electrons. The van der Waals surface area contributed by atoms with Crippen molar-refractivity contribution in [2.24, 2.45) is 5.10 Å². The highest BCUT2D eigenvalue weighted by Gasteiger charge is 2.06. The number of methoxy groups -OCH3 is 1. The van der Waals surface area contributed by atoms with Crippen LogP contribution in [0, 0.1) is 0 Å². The van der Waals surface area contributed by atoms with Gasteiger partial charge in [0.2, 0.25) is 0 Å². The van der Waals surface area contributed by atoms with Gasteiger partial charge in [-0.1, -0.05) is 28.1 Å². The topological polar surface area (TPSA) is 72.8 Å². The monoisotopic (exact) mass is 485 g/mol. The minimum Gasteiger partial charge on any atom is -0.496 e. The van der Waals surface area contributed by atoms with Gasteiger partial charge in [-0.3, -0.25) is 4.79 Å². The Balaban J connectivity index is 1.54. The molecule has 0 radical (unpaired) electrons. The molecule has 0 saturated heterocycles. The number of hydrogen-bond acceptors (Lipinski definition) is 6. The number of hydrazone groups is 1. The molecule has 3 rings (SSSR count). The van der Waals surface area contributed by atoms with Gasteiger partial charge in [0.15, 0.2) is 6.61 Å². The van der Waals surface area contributed by atoms with Crippen LogP contribution in [-0.4, -0.2) is 30.8 Å². The Labute approximate surface area is 187 Å². The van der Waals surface area contributed by atoms with E-state index in [0.717, 1.165) is 26.4 Å². The van der Waals surface area contributed by atoms with Crippen LogP contribution < -0.4 is 14.9 Å². The van der Waals surface area contributed by atoms with Crippen molar-refractivity contribution in [3.8, 4) is 11.5 Å². The number of hydrogen-bond donors (Lipinski definition) is 1. The number of halogens is 1. The number of rotatable bonds is 9. The summed E-state index contributed by atoms with van der Waals surface area (Å²) >= 11 is 4.98. The summed E-state index contributed by atoms with van der Waals surface area (Å²) in [7, 11) is 1.64. The second-order valence-corrected chi connectivity index (χ2v) is 7.98. The number of ether oxygens (including phenoxy) is 2. The molecule has 1 heterocycles. The Bertz CT molecular complexity index is 1020. The van der Waals surface area contributed by atoms with E-state index in [1.807, 2.05) is 48.5 Å². The van der Waals surface area contributed by atoms with Crippen molar-refractivity contribution in [1.82, 2.24) is 10.4 Å². The number of amides is 1. The van der Waals surface area contributed by atoms with Crippen molar-refractivity contribution in [3.63, 3.8) is 0 Å². The van der Waals surface area contributed by atoms with Gasteiger partial charge < -0.3 is 9.47 Å². The van der Waals surface area contributed by atoms with E-state index in [1.54, 1.807) is 43.4 Å². The molecule has 0 spiro atoms. The van der Waals surface area contributed by atoms with Crippen LogP contribution in [0.25, 0.3) is 0 Å². The smallest absolute Gasteiger partial charge is 0.277 e. The fourth-order valence-electron chi connectivity index (χ4n) is 2.49. The zero-order valence-corrected chi connectivity index (χ0v) is 18.7. The summed E-state index contributed by atoms with van der Waals surface area (Å²) in [4.78, 5) is 16.2. The van der Waals surface area contributed by atoms with Crippen molar-refractivity contribution in [2.75, 3.05) is 13.7 Å².